The fourth-order valence-corrected chi connectivity index (χ4v) is 1.80. The van der Waals surface area contributed by atoms with Gasteiger partial charge >= 0.3 is 0 Å². The van der Waals surface area contributed by atoms with E-state index in [-0.39, 0.29) is 5.84 Å². The molecular formula is C13H21N3O2. The van der Waals surface area contributed by atoms with Gasteiger partial charge in [-0.1, -0.05) is 5.16 Å². The zero-order valence-corrected chi connectivity index (χ0v) is 11.2. The largest absolute Gasteiger partial charge is 0.409 e. The van der Waals surface area contributed by atoms with Gasteiger partial charge in [-0.3, -0.25) is 0 Å². The van der Waals surface area contributed by atoms with Crippen molar-refractivity contribution in [1.82, 2.24) is 0 Å². The van der Waals surface area contributed by atoms with Crippen LogP contribution in [0.5, 0.6) is 0 Å². The molecule has 5 nitrogen and oxygen atoms in total. The highest BCUT2D eigenvalue weighted by atomic mass is 16.5. The molecule has 0 aliphatic rings. The molecule has 18 heavy (non-hydrogen) atoms. The number of ether oxygens (including phenoxy) is 1. The van der Waals surface area contributed by atoms with Gasteiger partial charge in [-0.2, -0.15) is 0 Å². The van der Waals surface area contributed by atoms with Crippen LogP contribution in [0, 0.1) is 6.92 Å². The highest BCUT2D eigenvalue weighted by molar-refractivity contribution is 5.98. The minimum atomic E-state index is 0.140. The van der Waals surface area contributed by atoms with Gasteiger partial charge in [-0.05, 0) is 37.1 Å². The standard InChI is InChI=1S/C13H21N3O2/c1-10-9-11(16(2)7-4-8-18-3)5-6-12(10)13(14)15-17/h5-6,9,17H,4,7-8H2,1-3H3,(H2,14,15). The number of benzene rings is 1. The number of nitrogens with zero attached hydrogens (tertiary/aromatic N) is 2. The summed E-state index contributed by atoms with van der Waals surface area (Å²) in [6.45, 7) is 3.63. The van der Waals surface area contributed by atoms with Crippen LogP contribution in [0.4, 0.5) is 5.69 Å². The quantitative estimate of drug-likeness (QED) is 0.265. The molecule has 0 fully saturated rings. The minimum absolute atomic E-state index is 0.140. The van der Waals surface area contributed by atoms with Crippen molar-refractivity contribution in [2.75, 3.05) is 32.2 Å². The first-order chi connectivity index (χ1) is 8.60. The molecular weight excluding hydrogens is 230 g/mol. The Hall–Kier alpha value is -1.75. The summed E-state index contributed by atoms with van der Waals surface area (Å²) in [7, 11) is 3.74. The van der Waals surface area contributed by atoms with Gasteiger partial charge in [0.25, 0.3) is 0 Å². The Morgan fingerprint density at radius 3 is 2.78 bits per heavy atom. The zero-order valence-electron chi connectivity index (χ0n) is 11.2. The summed E-state index contributed by atoms with van der Waals surface area (Å²) in [5, 5.41) is 11.7. The maximum absolute atomic E-state index is 8.67. The van der Waals surface area contributed by atoms with E-state index < -0.39 is 0 Å². The Bertz CT molecular complexity index is 419. The number of nitrogens with two attached hydrogens (primary N) is 1. The summed E-state index contributed by atoms with van der Waals surface area (Å²) in [6, 6.07) is 5.86. The van der Waals surface area contributed by atoms with Gasteiger partial charge in [0.15, 0.2) is 5.84 Å². The van der Waals surface area contributed by atoms with E-state index in [9.17, 15) is 0 Å². The van der Waals surface area contributed by atoms with E-state index in [2.05, 4.69) is 10.1 Å². The van der Waals surface area contributed by atoms with Crippen LogP contribution in [0.25, 0.3) is 0 Å². The van der Waals surface area contributed by atoms with Crippen molar-refractivity contribution in [3.8, 4) is 0 Å². The van der Waals surface area contributed by atoms with Crippen LogP contribution in [0.2, 0.25) is 0 Å². The van der Waals surface area contributed by atoms with Crippen LogP contribution in [0.15, 0.2) is 23.4 Å². The van der Waals surface area contributed by atoms with Crippen molar-refractivity contribution >= 4 is 11.5 Å². The lowest BCUT2D eigenvalue weighted by Crippen LogP contribution is -2.20. The second kappa shape index (κ2) is 6.86. The first-order valence-electron chi connectivity index (χ1n) is 5.88. The number of oxime groups is 1. The maximum Gasteiger partial charge on any atom is 0.170 e. The third kappa shape index (κ3) is 3.63. The van der Waals surface area contributed by atoms with Crippen molar-refractivity contribution in [3.05, 3.63) is 29.3 Å². The Labute approximate surface area is 108 Å². The predicted octanol–water partition coefficient (Wildman–Crippen LogP) is 1.56. The second-order valence-corrected chi connectivity index (χ2v) is 4.25. The van der Waals surface area contributed by atoms with Gasteiger partial charge in [0.2, 0.25) is 0 Å². The molecule has 0 aliphatic carbocycles. The molecule has 1 aromatic rings. The van der Waals surface area contributed by atoms with Gasteiger partial charge in [0.05, 0.1) is 0 Å². The molecule has 0 amide bonds. The lowest BCUT2D eigenvalue weighted by atomic mass is 10.1. The number of hydrogen-bond acceptors (Lipinski definition) is 4. The third-order valence-electron chi connectivity index (χ3n) is 2.88. The summed E-state index contributed by atoms with van der Waals surface area (Å²) >= 11 is 0. The molecule has 0 spiro atoms. The normalized spacial score (nSPS) is 11.6. The fourth-order valence-electron chi connectivity index (χ4n) is 1.80. The number of methoxy groups -OCH3 is 1. The van der Waals surface area contributed by atoms with Crippen LogP contribution < -0.4 is 10.6 Å². The highest BCUT2D eigenvalue weighted by Gasteiger charge is 2.07. The minimum Gasteiger partial charge on any atom is -0.409 e. The maximum atomic E-state index is 8.67. The summed E-state index contributed by atoms with van der Waals surface area (Å²) < 4.78 is 5.03. The van der Waals surface area contributed by atoms with E-state index in [4.69, 9.17) is 15.7 Å². The number of rotatable bonds is 6. The number of anilines is 1. The Morgan fingerprint density at radius 1 is 1.50 bits per heavy atom. The second-order valence-electron chi connectivity index (χ2n) is 4.25. The summed E-state index contributed by atoms with van der Waals surface area (Å²) in [4.78, 5) is 2.15. The molecule has 0 radical (unpaired) electrons. The molecule has 1 aromatic carbocycles. The summed E-state index contributed by atoms with van der Waals surface area (Å²) in [6.07, 6.45) is 0.980. The highest BCUT2D eigenvalue weighted by Crippen LogP contribution is 2.18. The molecule has 0 saturated carbocycles. The third-order valence-corrected chi connectivity index (χ3v) is 2.88. The fraction of sp³-hybridized carbons (Fsp3) is 0.462. The number of aryl methyl sites for hydroxylation is 1. The molecule has 1 rings (SSSR count). The van der Waals surface area contributed by atoms with E-state index in [0.29, 0.717) is 0 Å². The first kappa shape index (κ1) is 14.3. The Kier molecular flexibility index (Phi) is 5.45. The van der Waals surface area contributed by atoms with Crippen molar-refractivity contribution in [1.29, 1.82) is 0 Å². The number of hydrogen-bond donors (Lipinski definition) is 2. The van der Waals surface area contributed by atoms with Crippen LogP contribution in [-0.4, -0.2) is 38.4 Å². The monoisotopic (exact) mass is 251 g/mol. The predicted molar refractivity (Wildman–Crippen MR) is 73.5 cm³/mol. The molecule has 0 unspecified atom stereocenters. The lowest BCUT2D eigenvalue weighted by molar-refractivity contribution is 0.196. The van der Waals surface area contributed by atoms with Gasteiger partial charge in [-0.25, -0.2) is 0 Å². The molecule has 100 valence electrons. The molecule has 0 saturated heterocycles. The van der Waals surface area contributed by atoms with Gasteiger partial charge in [0, 0.05) is 38.6 Å². The van der Waals surface area contributed by atoms with E-state index in [1.165, 1.54) is 0 Å². The van der Waals surface area contributed by atoms with Crippen molar-refractivity contribution in [3.63, 3.8) is 0 Å². The average molecular weight is 251 g/mol. The van der Waals surface area contributed by atoms with Crippen molar-refractivity contribution in [2.45, 2.75) is 13.3 Å². The van der Waals surface area contributed by atoms with Crippen LogP contribution in [0.3, 0.4) is 0 Å². The van der Waals surface area contributed by atoms with E-state index in [1.807, 2.05) is 32.2 Å². The topological polar surface area (TPSA) is 71.1 Å². The zero-order chi connectivity index (χ0) is 13.5. The smallest absolute Gasteiger partial charge is 0.170 e. The lowest BCUT2D eigenvalue weighted by Gasteiger charge is -2.20. The molecule has 0 atom stereocenters. The van der Waals surface area contributed by atoms with Crippen LogP contribution in [-0.2, 0) is 4.74 Å². The Morgan fingerprint density at radius 2 is 2.22 bits per heavy atom. The molecule has 3 N–H and O–H groups in total. The Balaban J connectivity index is 2.77. The van der Waals surface area contributed by atoms with Gasteiger partial charge in [0.1, 0.15) is 0 Å². The van der Waals surface area contributed by atoms with Gasteiger partial charge in [-0.15, -0.1) is 0 Å². The summed E-state index contributed by atoms with van der Waals surface area (Å²) in [5.74, 6) is 0.140. The molecule has 0 aliphatic heterocycles. The first-order valence-corrected chi connectivity index (χ1v) is 5.88. The molecule has 0 heterocycles. The number of amidine groups is 1. The molecule has 0 bridgehead atoms. The SMILES string of the molecule is COCCCN(C)c1ccc(/C(N)=N/O)c(C)c1. The summed E-state index contributed by atoms with van der Waals surface area (Å²) in [5.41, 5.74) is 8.44. The average Bonchev–Trinajstić information content (AvgIpc) is 2.38. The van der Waals surface area contributed by atoms with Crippen molar-refractivity contribution < 1.29 is 9.94 Å². The van der Waals surface area contributed by atoms with Gasteiger partial charge < -0.3 is 20.6 Å². The van der Waals surface area contributed by atoms with Crippen LogP contribution in [0.1, 0.15) is 17.5 Å². The molecule has 0 aromatic heterocycles. The van der Waals surface area contributed by atoms with E-state index >= 15 is 0 Å². The van der Waals surface area contributed by atoms with Crippen LogP contribution >= 0.6 is 0 Å². The molecule has 5 heteroatoms. The van der Waals surface area contributed by atoms with E-state index in [1.54, 1.807) is 7.11 Å². The van der Waals surface area contributed by atoms with Crippen molar-refractivity contribution in [2.24, 2.45) is 10.9 Å². The van der Waals surface area contributed by atoms with E-state index in [0.717, 1.165) is 36.4 Å².